The normalized spacial score (nSPS) is 11.5. The monoisotopic (exact) mass is 342 g/mol. The number of benzene rings is 4. The lowest BCUT2D eigenvalue weighted by molar-refractivity contribution is 1.50. The number of allylic oxidation sites excluding steroid dienone is 1. The van der Waals surface area contributed by atoms with Crippen molar-refractivity contribution in [3.8, 4) is 0 Å². The highest BCUT2D eigenvalue weighted by molar-refractivity contribution is 6.24. The third-order valence-electron chi connectivity index (χ3n) is 4.50. The van der Waals surface area contributed by atoms with Gasteiger partial charge in [-0.2, -0.15) is 0 Å². The van der Waals surface area contributed by atoms with Gasteiger partial charge in [0.1, 0.15) is 0 Å². The second-order valence-electron chi connectivity index (χ2n) is 5.68. The molecule has 0 saturated heterocycles. The van der Waals surface area contributed by atoms with Crippen LogP contribution in [0.15, 0.2) is 60.7 Å². The van der Waals surface area contributed by atoms with Crippen molar-refractivity contribution in [2.45, 2.75) is 41.5 Å². The van der Waals surface area contributed by atoms with Crippen LogP contribution in [0.5, 0.6) is 0 Å². The highest BCUT2D eigenvalue weighted by atomic mass is 14.1. The van der Waals surface area contributed by atoms with E-state index in [2.05, 4.69) is 86.7 Å². The van der Waals surface area contributed by atoms with Gasteiger partial charge in [0.15, 0.2) is 0 Å². The van der Waals surface area contributed by atoms with Crippen molar-refractivity contribution in [2.75, 3.05) is 0 Å². The second-order valence-corrected chi connectivity index (χ2v) is 5.68. The zero-order valence-corrected chi connectivity index (χ0v) is 16.9. The summed E-state index contributed by atoms with van der Waals surface area (Å²) in [6, 6.07) is 19.8. The zero-order valence-electron chi connectivity index (χ0n) is 16.9. The molecule has 4 aromatic rings. The molecule has 0 nitrogen and oxygen atoms in total. The Hall–Kier alpha value is -2.60. The van der Waals surface area contributed by atoms with Gasteiger partial charge >= 0.3 is 0 Å². The molecule has 0 N–H and O–H groups in total. The van der Waals surface area contributed by atoms with Gasteiger partial charge in [0.05, 0.1) is 0 Å². The van der Waals surface area contributed by atoms with Crippen LogP contribution < -0.4 is 5.22 Å². The summed E-state index contributed by atoms with van der Waals surface area (Å²) in [5.41, 5.74) is 1.33. The van der Waals surface area contributed by atoms with Crippen LogP contribution in [-0.4, -0.2) is 0 Å². The minimum atomic E-state index is 1.30. The maximum atomic E-state index is 2.25. The molecule has 0 bridgehead atoms. The molecular weight excluding hydrogens is 312 g/mol. The Morgan fingerprint density at radius 3 is 1.73 bits per heavy atom. The molecule has 0 aliphatic carbocycles. The van der Waals surface area contributed by atoms with Gasteiger partial charge in [-0.25, -0.2) is 0 Å². The highest BCUT2D eigenvalue weighted by Gasteiger charge is 2.11. The lowest BCUT2D eigenvalue weighted by Crippen LogP contribution is -2.03. The van der Waals surface area contributed by atoms with E-state index in [1.165, 1.54) is 43.1 Å². The zero-order chi connectivity index (χ0) is 19.1. The minimum Gasteiger partial charge on any atom is -0.0870 e. The summed E-state index contributed by atoms with van der Waals surface area (Å²) < 4.78 is 0. The molecule has 0 unspecified atom stereocenters. The van der Waals surface area contributed by atoms with Crippen LogP contribution in [0.2, 0.25) is 0 Å². The third-order valence-corrected chi connectivity index (χ3v) is 4.50. The topological polar surface area (TPSA) is 0 Å². The van der Waals surface area contributed by atoms with Gasteiger partial charge in [0.2, 0.25) is 0 Å². The first-order chi connectivity index (χ1) is 12.8. The van der Waals surface area contributed by atoms with Crippen molar-refractivity contribution < 1.29 is 0 Å². The fourth-order valence-electron chi connectivity index (χ4n) is 3.60. The van der Waals surface area contributed by atoms with E-state index in [1.54, 1.807) is 0 Å². The van der Waals surface area contributed by atoms with Crippen LogP contribution in [0.1, 0.15) is 47.1 Å². The molecular formula is C26H30. The quantitative estimate of drug-likeness (QED) is 0.245. The van der Waals surface area contributed by atoms with Crippen LogP contribution in [0, 0.1) is 0 Å². The number of hydrogen-bond donors (Lipinski definition) is 0. The number of rotatable bonds is 1. The fourth-order valence-corrected chi connectivity index (χ4v) is 3.60. The fraction of sp³-hybridized carbons (Fsp3) is 0.231. The van der Waals surface area contributed by atoms with E-state index >= 15 is 0 Å². The molecule has 0 heterocycles. The van der Waals surface area contributed by atoms with Crippen LogP contribution >= 0.6 is 0 Å². The molecule has 0 atom stereocenters. The SMILES string of the molecule is C/C=C\c1c2cccc3cccc(c4ccc/c(=C/C)c14)c32.CC.CC. The Labute approximate surface area is 157 Å². The van der Waals surface area contributed by atoms with Crippen molar-refractivity contribution in [3.63, 3.8) is 0 Å². The predicted molar refractivity (Wildman–Crippen MR) is 122 cm³/mol. The van der Waals surface area contributed by atoms with E-state index in [1.807, 2.05) is 27.7 Å². The molecule has 0 aliphatic heterocycles. The van der Waals surface area contributed by atoms with Gasteiger partial charge in [-0.3, -0.25) is 0 Å². The smallest absolute Gasteiger partial charge is 0.00264 e. The summed E-state index contributed by atoms with van der Waals surface area (Å²) in [6.07, 6.45) is 6.59. The Balaban J connectivity index is 0.000000570. The van der Waals surface area contributed by atoms with Gasteiger partial charge in [-0.05, 0) is 56.9 Å². The summed E-state index contributed by atoms with van der Waals surface area (Å²) >= 11 is 0. The van der Waals surface area contributed by atoms with E-state index in [9.17, 15) is 0 Å². The van der Waals surface area contributed by atoms with Crippen molar-refractivity contribution >= 4 is 44.5 Å². The van der Waals surface area contributed by atoms with Crippen LogP contribution in [-0.2, 0) is 0 Å². The summed E-state index contributed by atoms with van der Waals surface area (Å²) in [5, 5.41) is 9.37. The average molecular weight is 343 g/mol. The molecule has 4 rings (SSSR count). The largest absolute Gasteiger partial charge is 0.0870 e. The molecule has 0 aromatic heterocycles. The van der Waals surface area contributed by atoms with Crippen molar-refractivity contribution in [2.24, 2.45) is 0 Å². The predicted octanol–water partition coefficient (Wildman–Crippen LogP) is 7.75. The molecule has 0 aliphatic rings. The van der Waals surface area contributed by atoms with E-state index in [0.29, 0.717) is 0 Å². The first-order valence-corrected chi connectivity index (χ1v) is 9.80. The molecule has 26 heavy (non-hydrogen) atoms. The molecule has 0 spiro atoms. The molecule has 0 amide bonds. The highest BCUT2D eigenvalue weighted by Crippen LogP contribution is 2.36. The summed E-state index contributed by atoms with van der Waals surface area (Å²) in [7, 11) is 0. The van der Waals surface area contributed by atoms with Crippen LogP contribution in [0.3, 0.4) is 0 Å². The first kappa shape index (κ1) is 19.7. The Morgan fingerprint density at radius 1 is 0.615 bits per heavy atom. The van der Waals surface area contributed by atoms with Gasteiger partial charge in [0, 0.05) is 0 Å². The molecule has 0 fully saturated rings. The minimum absolute atomic E-state index is 1.30. The van der Waals surface area contributed by atoms with E-state index < -0.39 is 0 Å². The van der Waals surface area contributed by atoms with Crippen LogP contribution in [0.25, 0.3) is 44.5 Å². The molecule has 0 radical (unpaired) electrons. The maximum absolute atomic E-state index is 2.25. The van der Waals surface area contributed by atoms with E-state index in [-0.39, 0.29) is 0 Å². The maximum Gasteiger partial charge on any atom is -0.00264 e. The summed E-state index contributed by atoms with van der Waals surface area (Å²) in [4.78, 5) is 0. The third kappa shape index (κ3) is 3.24. The van der Waals surface area contributed by atoms with Gasteiger partial charge in [-0.15, -0.1) is 0 Å². The lowest BCUT2D eigenvalue weighted by atomic mass is 9.89. The molecule has 0 heteroatoms. The molecule has 4 aromatic carbocycles. The van der Waals surface area contributed by atoms with Gasteiger partial charge in [0.25, 0.3) is 0 Å². The summed E-state index contributed by atoms with van der Waals surface area (Å²) in [6.45, 7) is 12.2. The standard InChI is InChI=1S/C22H18.2C2H6/c1-3-8-17-18-13-6-10-16-11-7-14-20(22(16)18)19-12-5-9-15(4-2)21(17)19;2*1-2/h3-14H,1-2H3;2*1-2H3/b8-3-,15-4-;;. The van der Waals surface area contributed by atoms with E-state index in [4.69, 9.17) is 0 Å². The van der Waals surface area contributed by atoms with Crippen molar-refractivity contribution in [1.29, 1.82) is 0 Å². The number of hydrogen-bond acceptors (Lipinski definition) is 0. The lowest BCUT2D eigenvalue weighted by Gasteiger charge is -2.14. The van der Waals surface area contributed by atoms with Crippen LogP contribution in [0.4, 0.5) is 0 Å². The molecule has 0 saturated carbocycles. The second kappa shape index (κ2) is 9.20. The first-order valence-electron chi connectivity index (χ1n) is 9.80. The summed E-state index contributed by atoms with van der Waals surface area (Å²) in [5.74, 6) is 0. The Kier molecular flexibility index (Phi) is 6.97. The Morgan fingerprint density at radius 2 is 1.15 bits per heavy atom. The number of fused-ring (bicyclic) bond motifs is 2. The molecule has 134 valence electrons. The van der Waals surface area contributed by atoms with Crippen molar-refractivity contribution in [1.82, 2.24) is 0 Å². The van der Waals surface area contributed by atoms with Crippen molar-refractivity contribution in [3.05, 3.63) is 71.5 Å². The Bertz CT molecular complexity index is 1080. The van der Waals surface area contributed by atoms with Gasteiger partial charge < -0.3 is 0 Å². The average Bonchev–Trinajstić information content (AvgIpc) is 2.73. The van der Waals surface area contributed by atoms with Gasteiger partial charge in [-0.1, -0.05) is 101 Å². The van der Waals surface area contributed by atoms with E-state index in [0.717, 1.165) is 0 Å².